The van der Waals surface area contributed by atoms with Crippen LogP contribution in [0.2, 0.25) is 0 Å². The normalized spacial score (nSPS) is 11.0. The predicted octanol–water partition coefficient (Wildman–Crippen LogP) is 4.96. The number of carbonyl (C=O) groups is 1. The quantitative estimate of drug-likeness (QED) is 0.343. The van der Waals surface area contributed by atoms with Gasteiger partial charge in [-0.3, -0.25) is 4.79 Å². The van der Waals surface area contributed by atoms with Gasteiger partial charge in [-0.15, -0.1) is 0 Å². The summed E-state index contributed by atoms with van der Waals surface area (Å²) in [6.07, 6.45) is 19.5. The summed E-state index contributed by atoms with van der Waals surface area (Å²) in [5, 5.41) is 3.10. The largest absolute Gasteiger partial charge is 0.469 e. The minimum atomic E-state index is -0.161. The molecule has 0 saturated carbocycles. The number of allylic oxidation sites excluding steroid dienone is 1. The highest BCUT2D eigenvalue weighted by Crippen LogP contribution is 2.11. The maximum absolute atomic E-state index is 10.9. The van der Waals surface area contributed by atoms with Gasteiger partial charge >= 0.3 is 5.97 Å². The summed E-state index contributed by atoms with van der Waals surface area (Å²) >= 11 is 0. The number of carbonyl (C=O) groups excluding carboxylic acids is 1. The average Bonchev–Trinajstić information content (AvgIpc) is 2.50. The summed E-state index contributed by atoms with van der Waals surface area (Å²) in [7, 11) is 1.42. The molecule has 0 atom stereocenters. The van der Waals surface area contributed by atoms with Gasteiger partial charge < -0.3 is 10.1 Å². The van der Waals surface area contributed by atoms with Crippen molar-refractivity contribution in [2.75, 3.05) is 13.7 Å². The number of ether oxygens (including phenoxy) is 1. The van der Waals surface area contributed by atoms with Gasteiger partial charge in [-0.05, 0) is 19.0 Å². The van der Waals surface area contributed by atoms with Crippen LogP contribution in [-0.2, 0) is 9.53 Å². The van der Waals surface area contributed by atoms with Gasteiger partial charge in [0.25, 0.3) is 0 Å². The number of hydrogen-bond donors (Lipinski definition) is 1. The van der Waals surface area contributed by atoms with Crippen LogP contribution in [0.3, 0.4) is 0 Å². The van der Waals surface area contributed by atoms with Crippen LogP contribution in [-0.4, -0.2) is 19.6 Å². The van der Waals surface area contributed by atoms with Crippen LogP contribution in [0.4, 0.5) is 0 Å². The molecular formula is C18H35NO2. The van der Waals surface area contributed by atoms with Crippen molar-refractivity contribution in [2.24, 2.45) is 0 Å². The van der Waals surface area contributed by atoms with Crippen molar-refractivity contribution in [3.05, 3.63) is 12.3 Å². The third-order valence-corrected chi connectivity index (χ3v) is 3.66. The molecule has 0 aromatic carbocycles. The number of unbranched alkanes of at least 4 members (excludes halogenated alkanes) is 10. The predicted molar refractivity (Wildman–Crippen MR) is 90.2 cm³/mol. The van der Waals surface area contributed by atoms with Crippen LogP contribution in [0.5, 0.6) is 0 Å². The molecule has 21 heavy (non-hydrogen) atoms. The molecule has 3 heteroatoms. The summed E-state index contributed by atoms with van der Waals surface area (Å²) in [5.41, 5.74) is 0. The Morgan fingerprint density at radius 1 is 0.952 bits per heavy atom. The van der Waals surface area contributed by atoms with Crippen molar-refractivity contribution >= 4 is 5.97 Å². The van der Waals surface area contributed by atoms with Crippen LogP contribution in [0.25, 0.3) is 0 Å². The summed E-state index contributed by atoms with van der Waals surface area (Å²) in [6, 6.07) is 0. The Bertz CT molecular complexity index is 252. The molecule has 0 spiro atoms. The minimum Gasteiger partial charge on any atom is -0.469 e. The molecule has 0 aromatic heterocycles. The van der Waals surface area contributed by atoms with Gasteiger partial charge in [-0.2, -0.15) is 0 Å². The Hall–Kier alpha value is -0.990. The fraction of sp³-hybridized carbons (Fsp3) is 0.833. The van der Waals surface area contributed by atoms with Gasteiger partial charge in [0.2, 0.25) is 0 Å². The number of rotatable bonds is 15. The number of methoxy groups -OCH3 is 1. The lowest BCUT2D eigenvalue weighted by Gasteiger charge is -2.01. The highest BCUT2D eigenvalue weighted by Gasteiger charge is 1.96. The fourth-order valence-corrected chi connectivity index (χ4v) is 2.28. The number of hydrogen-bond acceptors (Lipinski definition) is 3. The molecule has 0 rings (SSSR count). The zero-order chi connectivity index (χ0) is 15.6. The van der Waals surface area contributed by atoms with Gasteiger partial charge in [-0.25, -0.2) is 0 Å². The summed E-state index contributed by atoms with van der Waals surface area (Å²) < 4.78 is 4.57. The molecule has 0 heterocycles. The highest BCUT2D eigenvalue weighted by atomic mass is 16.5. The van der Waals surface area contributed by atoms with Crippen molar-refractivity contribution in [1.29, 1.82) is 0 Å². The smallest absolute Gasteiger partial charge is 0.307 e. The monoisotopic (exact) mass is 297 g/mol. The van der Waals surface area contributed by atoms with Crippen molar-refractivity contribution in [2.45, 2.75) is 84.0 Å². The van der Waals surface area contributed by atoms with Crippen LogP contribution in [0.1, 0.15) is 84.0 Å². The standard InChI is InChI=1S/C18H35NO2/c1-3-4-5-6-7-8-9-10-11-12-13-14-16-19-17-15-18(20)21-2/h14,16,19H,3-13,15,17H2,1-2H3. The maximum Gasteiger partial charge on any atom is 0.307 e. The van der Waals surface area contributed by atoms with Crippen LogP contribution in [0, 0.1) is 0 Å². The second-order valence-corrected chi connectivity index (χ2v) is 5.65. The Kier molecular flexibility index (Phi) is 16.3. The van der Waals surface area contributed by atoms with Gasteiger partial charge in [-0.1, -0.05) is 70.8 Å². The lowest BCUT2D eigenvalue weighted by Crippen LogP contribution is -2.12. The van der Waals surface area contributed by atoms with E-state index in [9.17, 15) is 4.79 Å². The first-order valence-corrected chi connectivity index (χ1v) is 8.76. The molecule has 0 amide bonds. The van der Waals surface area contributed by atoms with Gasteiger partial charge in [0.05, 0.1) is 13.5 Å². The van der Waals surface area contributed by atoms with E-state index >= 15 is 0 Å². The molecule has 0 radical (unpaired) electrons. The zero-order valence-electron chi connectivity index (χ0n) is 14.2. The van der Waals surface area contributed by atoms with E-state index in [1.54, 1.807) is 0 Å². The zero-order valence-corrected chi connectivity index (χ0v) is 14.2. The SMILES string of the molecule is CCCCCCCCCCCCC=CNCCC(=O)OC. The molecule has 124 valence electrons. The second-order valence-electron chi connectivity index (χ2n) is 5.65. The van der Waals surface area contributed by atoms with Crippen LogP contribution >= 0.6 is 0 Å². The molecule has 0 saturated heterocycles. The Labute approximate surface area is 131 Å². The van der Waals surface area contributed by atoms with Gasteiger partial charge in [0.1, 0.15) is 0 Å². The molecule has 0 aliphatic rings. The van der Waals surface area contributed by atoms with Crippen molar-refractivity contribution in [1.82, 2.24) is 5.32 Å². The lowest BCUT2D eigenvalue weighted by molar-refractivity contribution is -0.140. The van der Waals surface area contributed by atoms with E-state index in [4.69, 9.17) is 0 Å². The van der Waals surface area contributed by atoms with Crippen molar-refractivity contribution < 1.29 is 9.53 Å². The first-order valence-electron chi connectivity index (χ1n) is 8.76. The van der Waals surface area contributed by atoms with E-state index in [2.05, 4.69) is 23.1 Å². The second kappa shape index (κ2) is 17.1. The molecule has 0 aliphatic heterocycles. The Morgan fingerprint density at radius 2 is 1.52 bits per heavy atom. The Morgan fingerprint density at radius 3 is 2.10 bits per heavy atom. The van der Waals surface area contributed by atoms with Crippen molar-refractivity contribution in [3.8, 4) is 0 Å². The first-order chi connectivity index (χ1) is 10.3. The van der Waals surface area contributed by atoms with Gasteiger partial charge in [0.15, 0.2) is 0 Å². The van der Waals surface area contributed by atoms with E-state index in [0.717, 1.165) is 6.42 Å². The van der Waals surface area contributed by atoms with E-state index in [0.29, 0.717) is 13.0 Å². The first kappa shape index (κ1) is 20.0. The summed E-state index contributed by atoms with van der Waals surface area (Å²) in [5.74, 6) is -0.161. The van der Waals surface area contributed by atoms with E-state index in [1.165, 1.54) is 71.3 Å². The van der Waals surface area contributed by atoms with Crippen molar-refractivity contribution in [3.63, 3.8) is 0 Å². The average molecular weight is 297 g/mol. The van der Waals surface area contributed by atoms with Crippen LogP contribution < -0.4 is 5.32 Å². The van der Waals surface area contributed by atoms with E-state index in [-0.39, 0.29) is 5.97 Å². The molecule has 0 unspecified atom stereocenters. The third-order valence-electron chi connectivity index (χ3n) is 3.66. The molecular weight excluding hydrogens is 262 g/mol. The molecule has 0 bridgehead atoms. The highest BCUT2D eigenvalue weighted by molar-refractivity contribution is 5.69. The Balaban J connectivity index is 3.09. The fourth-order valence-electron chi connectivity index (χ4n) is 2.28. The van der Waals surface area contributed by atoms with Gasteiger partial charge in [0, 0.05) is 6.54 Å². The minimum absolute atomic E-state index is 0.161. The topological polar surface area (TPSA) is 38.3 Å². The summed E-state index contributed by atoms with van der Waals surface area (Å²) in [4.78, 5) is 10.9. The number of esters is 1. The molecule has 1 N–H and O–H groups in total. The lowest BCUT2D eigenvalue weighted by atomic mass is 10.1. The van der Waals surface area contributed by atoms with Crippen LogP contribution in [0.15, 0.2) is 12.3 Å². The van der Waals surface area contributed by atoms with E-state index in [1.807, 2.05) is 6.20 Å². The van der Waals surface area contributed by atoms with E-state index < -0.39 is 0 Å². The number of nitrogens with one attached hydrogen (secondary N) is 1. The molecule has 0 fully saturated rings. The molecule has 0 aromatic rings. The molecule has 0 aliphatic carbocycles. The third kappa shape index (κ3) is 17.0. The maximum atomic E-state index is 10.9. The summed E-state index contributed by atoms with van der Waals surface area (Å²) in [6.45, 7) is 2.92. The molecule has 3 nitrogen and oxygen atoms in total.